The van der Waals surface area contributed by atoms with Crippen LogP contribution in [0, 0.1) is 5.92 Å². The van der Waals surface area contributed by atoms with E-state index in [1.807, 2.05) is 13.8 Å². The summed E-state index contributed by atoms with van der Waals surface area (Å²) in [6.07, 6.45) is 0.157. The van der Waals surface area contributed by atoms with Crippen molar-refractivity contribution in [2.45, 2.75) is 39.8 Å². The zero-order chi connectivity index (χ0) is 21.6. The Bertz CT molecular complexity index is 854. The van der Waals surface area contributed by atoms with Crippen LogP contribution < -0.4 is 5.32 Å². The summed E-state index contributed by atoms with van der Waals surface area (Å²) in [5.74, 6) is -0.0612. The second-order valence-corrected chi connectivity index (χ2v) is 8.66. The minimum absolute atomic E-state index is 0.157. The first kappa shape index (κ1) is 23.5. The van der Waals surface area contributed by atoms with Gasteiger partial charge in [0.25, 0.3) is 0 Å². The first-order chi connectivity index (χ1) is 13.7. The highest BCUT2D eigenvalue weighted by Crippen LogP contribution is 2.23. The fraction of sp³-hybridized carbons (Fsp3) is 0.364. The molecule has 2 aromatic carbocycles. The van der Waals surface area contributed by atoms with Gasteiger partial charge in [0.1, 0.15) is 6.04 Å². The van der Waals surface area contributed by atoms with Crippen LogP contribution in [0.4, 0.5) is 0 Å². The topological polar surface area (TPSA) is 49.4 Å². The third-order valence-electron chi connectivity index (χ3n) is 4.48. The molecule has 7 heteroatoms. The average molecular weight is 456 g/mol. The molecule has 0 unspecified atom stereocenters. The molecular weight excluding hydrogens is 431 g/mol. The van der Waals surface area contributed by atoms with Gasteiger partial charge in [0.15, 0.2) is 0 Å². The van der Waals surface area contributed by atoms with Gasteiger partial charge in [-0.3, -0.25) is 9.59 Å². The van der Waals surface area contributed by atoms with Gasteiger partial charge in [0.05, 0.1) is 6.42 Å². The highest BCUT2D eigenvalue weighted by molar-refractivity contribution is 6.35. The van der Waals surface area contributed by atoms with Crippen LogP contribution in [0.1, 0.15) is 31.9 Å². The van der Waals surface area contributed by atoms with Gasteiger partial charge in [-0.1, -0.05) is 66.8 Å². The van der Waals surface area contributed by atoms with Gasteiger partial charge in [0.2, 0.25) is 11.8 Å². The first-order valence-electron chi connectivity index (χ1n) is 9.43. The molecule has 0 fully saturated rings. The number of amides is 2. The van der Waals surface area contributed by atoms with Gasteiger partial charge in [-0.05, 0) is 48.2 Å². The Morgan fingerprint density at radius 3 is 2.17 bits per heavy atom. The van der Waals surface area contributed by atoms with Crippen molar-refractivity contribution in [2.24, 2.45) is 5.92 Å². The van der Waals surface area contributed by atoms with E-state index in [4.69, 9.17) is 34.8 Å². The summed E-state index contributed by atoms with van der Waals surface area (Å²) in [6, 6.07) is 11.5. The average Bonchev–Trinajstić information content (AvgIpc) is 2.66. The Labute approximate surface area is 187 Å². The van der Waals surface area contributed by atoms with Crippen LogP contribution in [0.2, 0.25) is 15.1 Å². The maximum absolute atomic E-state index is 13.1. The van der Waals surface area contributed by atoms with Crippen molar-refractivity contribution in [3.63, 3.8) is 0 Å². The van der Waals surface area contributed by atoms with E-state index in [2.05, 4.69) is 5.32 Å². The molecule has 0 aliphatic heterocycles. The summed E-state index contributed by atoms with van der Waals surface area (Å²) in [7, 11) is 0. The van der Waals surface area contributed by atoms with E-state index in [-0.39, 0.29) is 24.8 Å². The summed E-state index contributed by atoms with van der Waals surface area (Å²) in [5, 5.41) is 4.47. The Morgan fingerprint density at radius 1 is 0.966 bits per heavy atom. The van der Waals surface area contributed by atoms with E-state index >= 15 is 0 Å². The fourth-order valence-corrected chi connectivity index (χ4v) is 3.34. The Kier molecular flexibility index (Phi) is 8.81. The number of nitrogens with zero attached hydrogens (tertiary/aromatic N) is 1. The SMILES string of the molecule is CC(C)CNC(=O)[C@@H](C)N(Cc1ccc(Cl)cc1Cl)C(=O)Cc1ccc(Cl)cc1. The molecule has 1 N–H and O–H groups in total. The van der Waals surface area contributed by atoms with Crippen LogP contribution in [0.25, 0.3) is 0 Å². The summed E-state index contributed by atoms with van der Waals surface area (Å²) < 4.78 is 0. The molecule has 1 atom stereocenters. The Morgan fingerprint density at radius 2 is 1.59 bits per heavy atom. The van der Waals surface area contributed by atoms with Crippen molar-refractivity contribution in [2.75, 3.05) is 6.54 Å². The van der Waals surface area contributed by atoms with Crippen LogP contribution in [-0.4, -0.2) is 29.3 Å². The molecule has 2 amide bonds. The number of hydrogen-bond donors (Lipinski definition) is 1. The van der Waals surface area contributed by atoms with Crippen molar-refractivity contribution < 1.29 is 9.59 Å². The minimum Gasteiger partial charge on any atom is -0.354 e. The Balaban J connectivity index is 2.24. The molecule has 0 bridgehead atoms. The quantitative estimate of drug-likeness (QED) is 0.581. The number of hydrogen-bond acceptors (Lipinski definition) is 2. The zero-order valence-corrected chi connectivity index (χ0v) is 19.0. The van der Waals surface area contributed by atoms with E-state index in [1.54, 1.807) is 54.3 Å². The molecule has 0 radical (unpaired) electrons. The van der Waals surface area contributed by atoms with E-state index in [0.717, 1.165) is 11.1 Å². The number of nitrogens with one attached hydrogen (secondary N) is 1. The maximum Gasteiger partial charge on any atom is 0.242 e. The van der Waals surface area contributed by atoms with Gasteiger partial charge in [-0.2, -0.15) is 0 Å². The zero-order valence-electron chi connectivity index (χ0n) is 16.7. The number of halogens is 3. The molecule has 0 saturated carbocycles. The van der Waals surface area contributed by atoms with Gasteiger partial charge < -0.3 is 10.2 Å². The van der Waals surface area contributed by atoms with Crippen molar-refractivity contribution >= 4 is 46.6 Å². The molecule has 4 nitrogen and oxygen atoms in total. The molecule has 156 valence electrons. The molecule has 0 aliphatic rings. The lowest BCUT2D eigenvalue weighted by atomic mass is 10.1. The van der Waals surface area contributed by atoms with E-state index in [9.17, 15) is 9.59 Å². The highest BCUT2D eigenvalue weighted by Gasteiger charge is 2.26. The smallest absolute Gasteiger partial charge is 0.242 e. The van der Waals surface area contributed by atoms with Crippen molar-refractivity contribution in [1.29, 1.82) is 0 Å². The molecular formula is C22H25Cl3N2O2. The monoisotopic (exact) mass is 454 g/mol. The second-order valence-electron chi connectivity index (χ2n) is 7.38. The minimum atomic E-state index is -0.653. The summed E-state index contributed by atoms with van der Waals surface area (Å²) in [4.78, 5) is 27.3. The standard InChI is InChI=1S/C22H25Cl3N2O2/c1-14(2)12-26-22(29)15(3)27(13-17-6-9-19(24)11-20(17)25)21(28)10-16-4-7-18(23)8-5-16/h4-9,11,14-15H,10,12-13H2,1-3H3,(H,26,29)/t15-/m1/s1. The highest BCUT2D eigenvalue weighted by atomic mass is 35.5. The molecule has 2 aromatic rings. The summed E-state index contributed by atoms with van der Waals surface area (Å²) in [5.41, 5.74) is 1.55. The normalized spacial score (nSPS) is 12.0. The molecule has 2 rings (SSSR count). The van der Waals surface area contributed by atoms with E-state index in [0.29, 0.717) is 27.5 Å². The van der Waals surface area contributed by atoms with E-state index in [1.165, 1.54) is 0 Å². The van der Waals surface area contributed by atoms with Crippen LogP contribution in [0.3, 0.4) is 0 Å². The van der Waals surface area contributed by atoms with Gasteiger partial charge >= 0.3 is 0 Å². The van der Waals surface area contributed by atoms with Crippen LogP contribution >= 0.6 is 34.8 Å². The number of carbonyl (C=O) groups is 2. The lowest BCUT2D eigenvalue weighted by Crippen LogP contribution is -2.48. The van der Waals surface area contributed by atoms with Crippen LogP contribution in [-0.2, 0) is 22.6 Å². The third kappa shape index (κ3) is 7.22. The van der Waals surface area contributed by atoms with Gasteiger partial charge in [-0.15, -0.1) is 0 Å². The summed E-state index contributed by atoms with van der Waals surface area (Å²) >= 11 is 18.2. The Hall–Kier alpha value is -1.75. The largest absolute Gasteiger partial charge is 0.354 e. The number of benzene rings is 2. The predicted octanol–water partition coefficient (Wildman–Crippen LogP) is 5.38. The number of rotatable bonds is 8. The lowest BCUT2D eigenvalue weighted by Gasteiger charge is -2.29. The predicted molar refractivity (Wildman–Crippen MR) is 119 cm³/mol. The molecule has 29 heavy (non-hydrogen) atoms. The van der Waals surface area contributed by atoms with Crippen molar-refractivity contribution in [1.82, 2.24) is 10.2 Å². The van der Waals surface area contributed by atoms with Crippen molar-refractivity contribution in [3.8, 4) is 0 Å². The first-order valence-corrected chi connectivity index (χ1v) is 10.6. The van der Waals surface area contributed by atoms with Crippen LogP contribution in [0.15, 0.2) is 42.5 Å². The molecule has 0 spiro atoms. The fourth-order valence-electron chi connectivity index (χ4n) is 2.75. The third-order valence-corrected chi connectivity index (χ3v) is 5.32. The van der Waals surface area contributed by atoms with Gasteiger partial charge in [-0.25, -0.2) is 0 Å². The molecule has 0 aliphatic carbocycles. The molecule has 0 heterocycles. The lowest BCUT2D eigenvalue weighted by molar-refractivity contribution is -0.140. The van der Waals surface area contributed by atoms with Gasteiger partial charge in [0, 0.05) is 28.2 Å². The molecule has 0 aromatic heterocycles. The van der Waals surface area contributed by atoms with E-state index < -0.39 is 6.04 Å². The summed E-state index contributed by atoms with van der Waals surface area (Å²) in [6.45, 7) is 6.51. The van der Waals surface area contributed by atoms with Crippen molar-refractivity contribution in [3.05, 3.63) is 68.7 Å². The van der Waals surface area contributed by atoms with Crippen LogP contribution in [0.5, 0.6) is 0 Å². The molecule has 0 saturated heterocycles. The maximum atomic E-state index is 13.1. The number of carbonyl (C=O) groups excluding carboxylic acids is 2. The second kappa shape index (κ2) is 10.9.